The van der Waals surface area contributed by atoms with Crippen molar-refractivity contribution >= 4 is 0 Å². The smallest absolute Gasteiger partial charge is 0.122 e. The zero-order valence-corrected chi connectivity index (χ0v) is 12.1. The number of phenols is 1. The van der Waals surface area contributed by atoms with Gasteiger partial charge < -0.3 is 10.2 Å². The second-order valence-electron chi connectivity index (χ2n) is 6.09. The normalized spacial score (nSPS) is 11.8. The maximum Gasteiger partial charge on any atom is 0.122 e. The number of rotatable bonds is 5. The number of unbranched alkanes of at least 4 members (excludes halogenated alkanes) is 2. The molecule has 0 saturated carbocycles. The molecule has 0 bridgehead atoms. The fourth-order valence-corrected chi connectivity index (χ4v) is 2.19. The van der Waals surface area contributed by atoms with Gasteiger partial charge in [-0.05, 0) is 48.3 Å². The second kappa shape index (κ2) is 6.24. The zero-order valence-electron chi connectivity index (χ0n) is 12.1. The second-order valence-corrected chi connectivity index (χ2v) is 6.09. The number of aliphatic hydroxyl groups is 1. The molecule has 0 amide bonds. The van der Waals surface area contributed by atoms with Crippen LogP contribution in [0.25, 0.3) is 0 Å². The van der Waals surface area contributed by atoms with Gasteiger partial charge in [-0.25, -0.2) is 0 Å². The molecule has 2 nitrogen and oxygen atoms in total. The number of aryl methyl sites for hydroxylation is 2. The first kappa shape index (κ1) is 15.0. The van der Waals surface area contributed by atoms with E-state index in [-0.39, 0.29) is 12.0 Å². The number of hydrogen-bond acceptors (Lipinski definition) is 2. The van der Waals surface area contributed by atoms with Gasteiger partial charge in [0.25, 0.3) is 0 Å². The van der Waals surface area contributed by atoms with Crippen LogP contribution >= 0.6 is 0 Å². The van der Waals surface area contributed by atoms with E-state index in [9.17, 15) is 5.11 Å². The predicted octanol–water partition coefficient (Wildman–Crippen LogP) is 3.70. The topological polar surface area (TPSA) is 40.5 Å². The van der Waals surface area contributed by atoms with Crippen LogP contribution in [0.4, 0.5) is 0 Å². The number of hydrogen-bond donors (Lipinski definition) is 2. The van der Waals surface area contributed by atoms with Gasteiger partial charge in [0, 0.05) is 6.61 Å². The highest BCUT2D eigenvalue weighted by Crippen LogP contribution is 2.34. The van der Waals surface area contributed by atoms with Crippen molar-refractivity contribution in [2.45, 2.75) is 58.8 Å². The van der Waals surface area contributed by atoms with Crippen molar-refractivity contribution < 1.29 is 10.2 Å². The molecule has 0 heterocycles. The molecular formula is C16H26O2. The lowest BCUT2D eigenvalue weighted by molar-refractivity contribution is 0.283. The lowest BCUT2D eigenvalue weighted by Gasteiger charge is -2.22. The molecule has 1 aromatic rings. The van der Waals surface area contributed by atoms with Gasteiger partial charge in [-0.3, -0.25) is 0 Å². The van der Waals surface area contributed by atoms with Crippen LogP contribution in [0.3, 0.4) is 0 Å². The van der Waals surface area contributed by atoms with Crippen molar-refractivity contribution in [1.82, 2.24) is 0 Å². The fraction of sp³-hybridized carbons (Fsp3) is 0.625. The van der Waals surface area contributed by atoms with E-state index in [0.717, 1.165) is 36.8 Å². The Morgan fingerprint density at radius 1 is 1.06 bits per heavy atom. The molecule has 0 radical (unpaired) electrons. The molecule has 1 rings (SSSR count). The number of benzene rings is 1. The molecule has 1 aromatic carbocycles. The Kier molecular flexibility index (Phi) is 5.21. The van der Waals surface area contributed by atoms with E-state index in [2.05, 4.69) is 32.9 Å². The van der Waals surface area contributed by atoms with Crippen molar-refractivity contribution in [2.75, 3.05) is 6.61 Å². The summed E-state index contributed by atoms with van der Waals surface area (Å²) in [5.74, 6) is 0.432. The summed E-state index contributed by atoms with van der Waals surface area (Å²) in [6.07, 6.45) is 4.04. The van der Waals surface area contributed by atoms with Crippen molar-refractivity contribution in [2.24, 2.45) is 0 Å². The minimum Gasteiger partial charge on any atom is -0.507 e. The van der Waals surface area contributed by atoms with Gasteiger partial charge in [0.2, 0.25) is 0 Å². The van der Waals surface area contributed by atoms with Gasteiger partial charge in [-0.1, -0.05) is 39.3 Å². The third-order valence-corrected chi connectivity index (χ3v) is 3.29. The first-order chi connectivity index (χ1) is 8.36. The Labute approximate surface area is 111 Å². The monoisotopic (exact) mass is 250 g/mol. The Balaban J connectivity index is 2.85. The summed E-state index contributed by atoms with van der Waals surface area (Å²) in [5, 5.41) is 18.9. The number of aliphatic hydroxyl groups excluding tert-OH is 1. The standard InChI is InChI=1S/C16H26O2/c1-12-10-13(8-6-5-7-9-17)11-14(15(12)18)16(2,3)4/h10-11,17-18H,5-9H2,1-4H3. The van der Waals surface area contributed by atoms with Crippen LogP contribution in [0.2, 0.25) is 0 Å². The van der Waals surface area contributed by atoms with Crippen molar-refractivity contribution in [3.05, 3.63) is 28.8 Å². The van der Waals surface area contributed by atoms with Crippen LogP contribution in [-0.2, 0) is 11.8 Å². The molecular weight excluding hydrogens is 224 g/mol. The minimum atomic E-state index is -0.0318. The summed E-state index contributed by atoms with van der Waals surface area (Å²) in [6.45, 7) is 8.61. The average molecular weight is 250 g/mol. The van der Waals surface area contributed by atoms with Gasteiger partial charge in [-0.15, -0.1) is 0 Å². The van der Waals surface area contributed by atoms with Crippen molar-refractivity contribution in [1.29, 1.82) is 0 Å². The van der Waals surface area contributed by atoms with Crippen molar-refractivity contribution in [3.63, 3.8) is 0 Å². The summed E-state index contributed by atoms with van der Waals surface area (Å²) in [5.41, 5.74) is 3.24. The van der Waals surface area contributed by atoms with Crippen LogP contribution in [0, 0.1) is 6.92 Å². The molecule has 0 aliphatic heterocycles. The fourth-order valence-electron chi connectivity index (χ4n) is 2.19. The molecule has 0 fully saturated rings. The van der Waals surface area contributed by atoms with Gasteiger partial charge in [-0.2, -0.15) is 0 Å². The van der Waals surface area contributed by atoms with E-state index < -0.39 is 0 Å². The van der Waals surface area contributed by atoms with Gasteiger partial charge in [0.05, 0.1) is 0 Å². The molecule has 0 aliphatic rings. The van der Waals surface area contributed by atoms with Gasteiger partial charge >= 0.3 is 0 Å². The van der Waals surface area contributed by atoms with Crippen LogP contribution in [0.15, 0.2) is 12.1 Å². The summed E-state index contributed by atoms with van der Waals surface area (Å²) < 4.78 is 0. The average Bonchev–Trinajstić information content (AvgIpc) is 2.27. The summed E-state index contributed by atoms with van der Waals surface area (Å²) >= 11 is 0. The zero-order chi connectivity index (χ0) is 13.8. The lowest BCUT2D eigenvalue weighted by atomic mass is 9.83. The first-order valence-electron chi connectivity index (χ1n) is 6.80. The maximum absolute atomic E-state index is 10.1. The van der Waals surface area contributed by atoms with Crippen LogP contribution < -0.4 is 0 Å². The molecule has 0 unspecified atom stereocenters. The largest absolute Gasteiger partial charge is 0.507 e. The molecule has 102 valence electrons. The third kappa shape index (κ3) is 4.02. The SMILES string of the molecule is Cc1cc(CCCCCO)cc(C(C)(C)C)c1O. The Morgan fingerprint density at radius 3 is 2.28 bits per heavy atom. The Hall–Kier alpha value is -1.02. The molecule has 2 heteroatoms. The molecule has 0 aliphatic carbocycles. The van der Waals surface area contributed by atoms with E-state index in [0.29, 0.717) is 5.75 Å². The van der Waals surface area contributed by atoms with Crippen LogP contribution in [0.1, 0.15) is 56.7 Å². The molecule has 2 N–H and O–H groups in total. The number of phenolic OH excluding ortho intramolecular Hbond substituents is 1. The maximum atomic E-state index is 10.1. The van der Waals surface area contributed by atoms with E-state index in [1.54, 1.807) is 0 Å². The van der Waals surface area contributed by atoms with Gasteiger partial charge in [0.15, 0.2) is 0 Å². The van der Waals surface area contributed by atoms with Crippen LogP contribution in [0.5, 0.6) is 5.75 Å². The first-order valence-corrected chi connectivity index (χ1v) is 6.80. The van der Waals surface area contributed by atoms with Crippen LogP contribution in [-0.4, -0.2) is 16.8 Å². The van der Waals surface area contributed by atoms with E-state index >= 15 is 0 Å². The van der Waals surface area contributed by atoms with Crippen molar-refractivity contribution in [3.8, 4) is 5.75 Å². The molecule has 0 aromatic heterocycles. The quantitative estimate of drug-likeness (QED) is 0.782. The minimum absolute atomic E-state index is 0.0318. The highest BCUT2D eigenvalue weighted by atomic mass is 16.3. The summed E-state index contributed by atoms with van der Waals surface area (Å²) in [6, 6.07) is 4.20. The Morgan fingerprint density at radius 2 is 1.72 bits per heavy atom. The highest BCUT2D eigenvalue weighted by molar-refractivity contribution is 5.46. The molecule has 0 spiro atoms. The van der Waals surface area contributed by atoms with Gasteiger partial charge in [0.1, 0.15) is 5.75 Å². The molecule has 0 atom stereocenters. The van der Waals surface area contributed by atoms with E-state index in [1.807, 2.05) is 6.92 Å². The number of aromatic hydroxyl groups is 1. The van der Waals surface area contributed by atoms with E-state index in [1.165, 1.54) is 5.56 Å². The lowest BCUT2D eigenvalue weighted by Crippen LogP contribution is -2.12. The summed E-state index contributed by atoms with van der Waals surface area (Å²) in [4.78, 5) is 0. The molecule has 0 saturated heterocycles. The Bertz CT molecular complexity index is 389. The summed E-state index contributed by atoms with van der Waals surface area (Å²) in [7, 11) is 0. The van der Waals surface area contributed by atoms with E-state index in [4.69, 9.17) is 5.11 Å². The highest BCUT2D eigenvalue weighted by Gasteiger charge is 2.19. The predicted molar refractivity (Wildman–Crippen MR) is 76.2 cm³/mol. The molecule has 18 heavy (non-hydrogen) atoms. The third-order valence-electron chi connectivity index (χ3n) is 3.29.